The van der Waals surface area contributed by atoms with Crippen LogP contribution in [0.1, 0.15) is 30.0 Å². The maximum absolute atomic E-state index is 13.5. The standard InChI is InChI=1S/C18H18ClFN2O/c1-12-7-8-14(19)11-16(12)21-18(23)22-9-3-6-17(22)13-4-2-5-15(20)10-13/h2,4-5,7-8,10-11,17H,3,6,9H2,1H3,(H,21,23)/t17-/m0/s1. The van der Waals surface area contributed by atoms with Crippen molar-refractivity contribution >= 4 is 23.3 Å². The molecule has 0 aromatic heterocycles. The summed E-state index contributed by atoms with van der Waals surface area (Å²) in [5.74, 6) is -0.277. The number of rotatable bonds is 2. The molecular weight excluding hydrogens is 315 g/mol. The van der Waals surface area contributed by atoms with Crippen LogP contribution in [0.4, 0.5) is 14.9 Å². The van der Waals surface area contributed by atoms with E-state index in [1.807, 2.05) is 19.1 Å². The van der Waals surface area contributed by atoms with Crippen LogP contribution in [0.2, 0.25) is 5.02 Å². The molecule has 2 aromatic rings. The molecule has 0 bridgehead atoms. The highest BCUT2D eigenvalue weighted by Gasteiger charge is 2.30. The number of anilines is 1. The first kappa shape index (κ1) is 15.8. The lowest BCUT2D eigenvalue weighted by Gasteiger charge is -2.26. The zero-order valence-electron chi connectivity index (χ0n) is 12.9. The number of carbonyl (C=O) groups is 1. The number of aryl methyl sites for hydroxylation is 1. The molecule has 1 atom stereocenters. The molecule has 1 aliphatic rings. The number of nitrogens with one attached hydrogen (secondary N) is 1. The molecule has 1 heterocycles. The second kappa shape index (κ2) is 6.59. The van der Waals surface area contributed by atoms with Gasteiger partial charge in [-0.1, -0.05) is 29.8 Å². The van der Waals surface area contributed by atoms with E-state index in [1.165, 1.54) is 12.1 Å². The summed E-state index contributed by atoms with van der Waals surface area (Å²) in [4.78, 5) is 14.4. The van der Waals surface area contributed by atoms with Crippen molar-refractivity contribution in [2.75, 3.05) is 11.9 Å². The van der Waals surface area contributed by atoms with Gasteiger partial charge in [-0.15, -0.1) is 0 Å². The summed E-state index contributed by atoms with van der Waals surface area (Å²) in [5.41, 5.74) is 2.48. The van der Waals surface area contributed by atoms with E-state index in [0.29, 0.717) is 17.3 Å². The molecule has 3 nitrogen and oxygen atoms in total. The molecule has 1 saturated heterocycles. The van der Waals surface area contributed by atoms with E-state index in [1.54, 1.807) is 23.1 Å². The molecule has 23 heavy (non-hydrogen) atoms. The quantitative estimate of drug-likeness (QED) is 0.809. The molecule has 120 valence electrons. The minimum atomic E-state index is -0.277. The first-order chi connectivity index (χ1) is 11.0. The Kier molecular flexibility index (Phi) is 4.53. The third kappa shape index (κ3) is 3.48. The highest BCUT2D eigenvalue weighted by molar-refractivity contribution is 6.31. The third-order valence-corrected chi connectivity index (χ3v) is 4.42. The van der Waals surface area contributed by atoms with Gasteiger partial charge in [0, 0.05) is 17.3 Å². The van der Waals surface area contributed by atoms with Crippen LogP contribution < -0.4 is 5.32 Å². The van der Waals surface area contributed by atoms with Crippen molar-refractivity contribution in [3.8, 4) is 0 Å². The Hall–Kier alpha value is -2.07. The van der Waals surface area contributed by atoms with Gasteiger partial charge in [0.1, 0.15) is 5.82 Å². The van der Waals surface area contributed by atoms with Crippen LogP contribution in [0, 0.1) is 12.7 Å². The molecule has 1 fully saturated rings. The lowest BCUT2D eigenvalue weighted by Crippen LogP contribution is -2.34. The number of hydrogen-bond acceptors (Lipinski definition) is 1. The molecule has 5 heteroatoms. The molecular formula is C18H18ClFN2O. The number of hydrogen-bond donors (Lipinski definition) is 1. The zero-order valence-corrected chi connectivity index (χ0v) is 13.6. The Morgan fingerprint density at radius 3 is 2.91 bits per heavy atom. The van der Waals surface area contributed by atoms with E-state index < -0.39 is 0 Å². The highest BCUT2D eigenvalue weighted by atomic mass is 35.5. The zero-order chi connectivity index (χ0) is 16.4. The van der Waals surface area contributed by atoms with Crippen molar-refractivity contribution in [3.63, 3.8) is 0 Å². The van der Waals surface area contributed by atoms with Crippen molar-refractivity contribution in [2.24, 2.45) is 0 Å². The molecule has 2 aromatic carbocycles. The van der Waals surface area contributed by atoms with Gasteiger partial charge in [-0.3, -0.25) is 0 Å². The molecule has 0 saturated carbocycles. The summed E-state index contributed by atoms with van der Waals surface area (Å²) >= 11 is 6.00. The average molecular weight is 333 g/mol. The number of nitrogens with zero attached hydrogens (tertiary/aromatic N) is 1. The minimum Gasteiger partial charge on any atom is -0.317 e. The minimum absolute atomic E-state index is 0.0924. The summed E-state index contributed by atoms with van der Waals surface area (Å²) in [5, 5.41) is 3.49. The van der Waals surface area contributed by atoms with Gasteiger partial charge in [-0.25, -0.2) is 9.18 Å². The van der Waals surface area contributed by atoms with Gasteiger partial charge in [-0.2, -0.15) is 0 Å². The largest absolute Gasteiger partial charge is 0.322 e. The first-order valence-corrected chi connectivity index (χ1v) is 8.01. The van der Waals surface area contributed by atoms with Gasteiger partial charge in [-0.05, 0) is 55.2 Å². The van der Waals surface area contributed by atoms with Crippen molar-refractivity contribution in [1.82, 2.24) is 4.90 Å². The second-order valence-corrected chi connectivity index (χ2v) is 6.23. The Morgan fingerprint density at radius 2 is 2.13 bits per heavy atom. The number of likely N-dealkylation sites (tertiary alicyclic amines) is 1. The van der Waals surface area contributed by atoms with E-state index in [-0.39, 0.29) is 17.9 Å². The van der Waals surface area contributed by atoms with Crippen LogP contribution >= 0.6 is 11.6 Å². The van der Waals surface area contributed by atoms with Crippen LogP contribution in [0.15, 0.2) is 42.5 Å². The maximum atomic E-state index is 13.5. The maximum Gasteiger partial charge on any atom is 0.322 e. The van der Waals surface area contributed by atoms with Gasteiger partial charge in [0.05, 0.1) is 6.04 Å². The van der Waals surface area contributed by atoms with Crippen LogP contribution in [0.5, 0.6) is 0 Å². The van der Waals surface area contributed by atoms with Crippen molar-refractivity contribution in [2.45, 2.75) is 25.8 Å². The van der Waals surface area contributed by atoms with E-state index in [2.05, 4.69) is 5.32 Å². The SMILES string of the molecule is Cc1ccc(Cl)cc1NC(=O)N1CCC[C@H]1c1cccc(F)c1. The van der Waals surface area contributed by atoms with E-state index in [4.69, 9.17) is 11.6 Å². The van der Waals surface area contributed by atoms with Crippen molar-refractivity contribution in [1.29, 1.82) is 0 Å². The normalized spacial score (nSPS) is 17.3. The van der Waals surface area contributed by atoms with Gasteiger partial charge >= 0.3 is 6.03 Å². The fraction of sp³-hybridized carbons (Fsp3) is 0.278. The summed E-state index contributed by atoms with van der Waals surface area (Å²) in [6.45, 7) is 2.58. The predicted octanol–water partition coefficient (Wildman–Crippen LogP) is 5.16. The second-order valence-electron chi connectivity index (χ2n) is 5.80. The lowest BCUT2D eigenvalue weighted by atomic mass is 10.0. The van der Waals surface area contributed by atoms with Gasteiger partial charge < -0.3 is 10.2 Å². The topological polar surface area (TPSA) is 32.3 Å². The Morgan fingerprint density at radius 1 is 1.30 bits per heavy atom. The molecule has 0 aliphatic carbocycles. The van der Waals surface area contributed by atoms with E-state index >= 15 is 0 Å². The Labute approximate surface area is 140 Å². The van der Waals surface area contributed by atoms with Crippen molar-refractivity contribution in [3.05, 3.63) is 64.4 Å². The Balaban J connectivity index is 1.79. The summed E-state index contributed by atoms with van der Waals surface area (Å²) < 4.78 is 13.5. The van der Waals surface area contributed by atoms with Crippen LogP contribution in [0.25, 0.3) is 0 Å². The number of carbonyl (C=O) groups excluding carboxylic acids is 1. The average Bonchev–Trinajstić information content (AvgIpc) is 3.00. The molecule has 3 rings (SSSR count). The number of urea groups is 1. The summed E-state index contributed by atoms with van der Waals surface area (Å²) in [6.07, 6.45) is 1.74. The smallest absolute Gasteiger partial charge is 0.317 e. The van der Waals surface area contributed by atoms with Crippen molar-refractivity contribution < 1.29 is 9.18 Å². The monoisotopic (exact) mass is 332 g/mol. The number of halogens is 2. The fourth-order valence-electron chi connectivity index (χ4n) is 2.99. The highest BCUT2D eigenvalue weighted by Crippen LogP contribution is 2.33. The van der Waals surface area contributed by atoms with Crippen LogP contribution in [-0.2, 0) is 0 Å². The van der Waals surface area contributed by atoms with Crippen LogP contribution in [0.3, 0.4) is 0 Å². The van der Waals surface area contributed by atoms with Gasteiger partial charge in [0.2, 0.25) is 0 Å². The molecule has 0 unspecified atom stereocenters. The fourth-order valence-corrected chi connectivity index (χ4v) is 3.16. The number of benzene rings is 2. The molecule has 0 radical (unpaired) electrons. The number of amides is 2. The Bertz CT molecular complexity index is 735. The third-order valence-electron chi connectivity index (χ3n) is 4.19. The van der Waals surface area contributed by atoms with Gasteiger partial charge in [0.15, 0.2) is 0 Å². The lowest BCUT2D eigenvalue weighted by molar-refractivity contribution is 0.207. The van der Waals surface area contributed by atoms with Crippen LogP contribution in [-0.4, -0.2) is 17.5 Å². The summed E-state index contributed by atoms with van der Waals surface area (Å²) in [6, 6.07) is 11.6. The molecule has 1 N–H and O–H groups in total. The van der Waals surface area contributed by atoms with E-state index in [9.17, 15) is 9.18 Å². The molecule has 1 aliphatic heterocycles. The van der Waals surface area contributed by atoms with E-state index in [0.717, 1.165) is 24.0 Å². The van der Waals surface area contributed by atoms with Gasteiger partial charge in [0.25, 0.3) is 0 Å². The molecule has 2 amide bonds. The molecule has 0 spiro atoms. The predicted molar refractivity (Wildman–Crippen MR) is 90.3 cm³/mol. The first-order valence-electron chi connectivity index (χ1n) is 7.64. The summed E-state index contributed by atoms with van der Waals surface area (Å²) in [7, 11) is 0.